The minimum atomic E-state index is -4.28. The third kappa shape index (κ3) is 8.77. The zero-order valence-corrected chi connectivity index (χ0v) is 31.2. The standard InChI is InChI=1S/C36H59ClO3Si/c1-31(2,3)23-19-25(33(7,8)9)29(26(20-23)34(10,11)12)39-41(37,38)40-30-27(35(13,14)15)21-24(32(4,5)6)22-28(30)36(16,17)18/h19-22,38H,1-18H3. The van der Waals surface area contributed by atoms with E-state index in [-0.39, 0.29) is 32.5 Å². The summed E-state index contributed by atoms with van der Waals surface area (Å²) in [4.78, 5) is 11.9. The van der Waals surface area contributed by atoms with E-state index in [9.17, 15) is 4.80 Å². The number of rotatable bonds is 4. The largest absolute Gasteiger partial charge is 0.745 e. The van der Waals surface area contributed by atoms with Gasteiger partial charge in [0.2, 0.25) is 0 Å². The van der Waals surface area contributed by atoms with Gasteiger partial charge in [0, 0.05) is 0 Å². The third-order valence-electron chi connectivity index (χ3n) is 7.60. The fourth-order valence-corrected chi connectivity index (χ4v) is 6.29. The maximum atomic E-state index is 11.9. The van der Waals surface area contributed by atoms with E-state index in [0.717, 1.165) is 22.3 Å². The van der Waals surface area contributed by atoms with Crippen molar-refractivity contribution in [1.29, 1.82) is 0 Å². The lowest BCUT2D eigenvalue weighted by Crippen LogP contribution is -2.45. The summed E-state index contributed by atoms with van der Waals surface area (Å²) in [5, 5.41) is 0. The smallest absolute Gasteiger partial charge is 0.480 e. The van der Waals surface area contributed by atoms with Crippen LogP contribution in [-0.2, 0) is 32.5 Å². The fraction of sp³-hybridized carbons (Fsp3) is 0.667. The van der Waals surface area contributed by atoms with Crippen LogP contribution in [0, 0.1) is 0 Å². The van der Waals surface area contributed by atoms with E-state index in [4.69, 9.17) is 19.9 Å². The van der Waals surface area contributed by atoms with Crippen molar-refractivity contribution in [2.45, 2.75) is 157 Å². The number of halogens is 1. The van der Waals surface area contributed by atoms with Crippen molar-refractivity contribution in [3.05, 3.63) is 57.6 Å². The number of hydrogen-bond acceptors (Lipinski definition) is 3. The molecular formula is C36H59ClO3Si. The van der Waals surface area contributed by atoms with Gasteiger partial charge < -0.3 is 13.6 Å². The first-order chi connectivity index (χ1) is 17.9. The highest BCUT2D eigenvalue weighted by atomic mass is 35.6. The van der Waals surface area contributed by atoms with Gasteiger partial charge in [-0.3, -0.25) is 0 Å². The highest BCUT2D eigenvalue weighted by Gasteiger charge is 2.46. The second kappa shape index (κ2) is 10.9. The predicted octanol–water partition coefficient (Wildman–Crippen LogP) is 10.6. The molecular weight excluding hydrogens is 544 g/mol. The minimum absolute atomic E-state index is 0.0538. The van der Waals surface area contributed by atoms with Crippen LogP contribution in [0.3, 0.4) is 0 Å². The van der Waals surface area contributed by atoms with Crippen LogP contribution in [0.5, 0.6) is 11.5 Å². The lowest BCUT2D eigenvalue weighted by atomic mass is 9.75. The Bertz CT molecular complexity index is 1080. The van der Waals surface area contributed by atoms with E-state index in [1.165, 1.54) is 11.1 Å². The molecule has 2 aromatic rings. The van der Waals surface area contributed by atoms with Crippen molar-refractivity contribution < 1.29 is 13.6 Å². The maximum absolute atomic E-state index is 11.9. The van der Waals surface area contributed by atoms with E-state index in [0.29, 0.717) is 11.5 Å². The molecule has 232 valence electrons. The van der Waals surface area contributed by atoms with Gasteiger partial charge in [0.25, 0.3) is 0 Å². The average Bonchev–Trinajstić information content (AvgIpc) is 2.68. The lowest BCUT2D eigenvalue weighted by Gasteiger charge is -2.36. The molecule has 0 bridgehead atoms. The fourth-order valence-electron chi connectivity index (χ4n) is 4.84. The summed E-state index contributed by atoms with van der Waals surface area (Å²) in [5.41, 5.74) is 5.40. The summed E-state index contributed by atoms with van der Waals surface area (Å²) < 4.78 is 13.1. The second-order valence-corrected chi connectivity index (χ2v) is 20.9. The predicted molar refractivity (Wildman–Crippen MR) is 180 cm³/mol. The molecule has 0 aliphatic carbocycles. The molecule has 3 nitrogen and oxygen atoms in total. The molecule has 0 aromatic heterocycles. The van der Waals surface area contributed by atoms with Gasteiger partial charge in [-0.2, -0.15) is 0 Å². The highest BCUT2D eigenvalue weighted by molar-refractivity contribution is 7.09. The highest BCUT2D eigenvalue weighted by Crippen LogP contribution is 2.47. The molecule has 0 fully saturated rings. The molecule has 5 heteroatoms. The quantitative estimate of drug-likeness (QED) is 0.279. The van der Waals surface area contributed by atoms with Crippen LogP contribution in [-0.4, -0.2) is 12.9 Å². The van der Waals surface area contributed by atoms with Crippen molar-refractivity contribution in [3.63, 3.8) is 0 Å². The third-order valence-corrected chi connectivity index (χ3v) is 8.97. The maximum Gasteiger partial charge on any atom is 0.745 e. The van der Waals surface area contributed by atoms with Gasteiger partial charge in [-0.25, -0.2) is 0 Å². The van der Waals surface area contributed by atoms with E-state index in [1.807, 2.05) is 0 Å². The first-order valence-electron chi connectivity index (χ1n) is 15.0. The van der Waals surface area contributed by atoms with Gasteiger partial charge in [-0.15, -0.1) is 0 Å². The summed E-state index contributed by atoms with van der Waals surface area (Å²) in [6, 6.07) is 8.85. The van der Waals surface area contributed by atoms with Crippen LogP contribution in [0.4, 0.5) is 0 Å². The molecule has 0 saturated carbocycles. The first-order valence-corrected chi connectivity index (χ1v) is 17.8. The summed E-state index contributed by atoms with van der Waals surface area (Å²) in [6.45, 7) is 39.4. The zero-order valence-electron chi connectivity index (χ0n) is 29.5. The first kappa shape index (κ1) is 35.7. The van der Waals surface area contributed by atoms with Crippen molar-refractivity contribution in [2.75, 3.05) is 0 Å². The van der Waals surface area contributed by atoms with Gasteiger partial charge in [0.05, 0.1) is 0 Å². The van der Waals surface area contributed by atoms with Crippen molar-refractivity contribution in [3.8, 4) is 11.5 Å². The monoisotopic (exact) mass is 602 g/mol. The molecule has 0 radical (unpaired) electrons. The average molecular weight is 603 g/mol. The van der Waals surface area contributed by atoms with Crippen LogP contribution in [0.2, 0.25) is 0 Å². The van der Waals surface area contributed by atoms with Crippen molar-refractivity contribution >= 4 is 19.2 Å². The molecule has 1 N–H and O–H groups in total. The topological polar surface area (TPSA) is 38.7 Å². The van der Waals surface area contributed by atoms with E-state index < -0.39 is 8.11 Å². The van der Waals surface area contributed by atoms with Gasteiger partial charge in [-0.05, 0) is 76.9 Å². The second-order valence-electron chi connectivity index (χ2n) is 18.0. The molecule has 0 unspecified atom stereocenters. The molecule has 0 aliphatic rings. The van der Waals surface area contributed by atoms with Crippen molar-refractivity contribution in [1.82, 2.24) is 0 Å². The van der Waals surface area contributed by atoms with E-state index >= 15 is 0 Å². The van der Waals surface area contributed by atoms with Gasteiger partial charge in [-0.1, -0.05) is 149 Å². The van der Waals surface area contributed by atoms with Crippen LogP contribution >= 0.6 is 11.1 Å². The Kier molecular flexibility index (Phi) is 9.49. The van der Waals surface area contributed by atoms with Gasteiger partial charge >= 0.3 is 8.11 Å². The van der Waals surface area contributed by atoms with Crippen LogP contribution in [0.25, 0.3) is 0 Å². The van der Waals surface area contributed by atoms with Crippen LogP contribution < -0.4 is 8.85 Å². The Hall–Kier alpha value is -1.49. The molecule has 0 atom stereocenters. The molecule has 0 amide bonds. The molecule has 0 spiro atoms. The summed E-state index contributed by atoms with van der Waals surface area (Å²) in [6.07, 6.45) is 0. The number of benzene rings is 2. The molecule has 41 heavy (non-hydrogen) atoms. The Labute approximate surface area is 258 Å². The van der Waals surface area contributed by atoms with Crippen LogP contribution in [0.15, 0.2) is 24.3 Å². The summed E-state index contributed by atoms with van der Waals surface area (Å²) >= 11 is 7.00. The summed E-state index contributed by atoms with van der Waals surface area (Å²) in [7, 11) is -4.28. The molecule has 0 heterocycles. The zero-order chi connectivity index (χ0) is 32.4. The number of hydrogen-bond donors (Lipinski definition) is 1. The van der Waals surface area contributed by atoms with E-state index in [2.05, 4.69) is 149 Å². The van der Waals surface area contributed by atoms with Crippen LogP contribution in [0.1, 0.15) is 158 Å². The van der Waals surface area contributed by atoms with Gasteiger partial charge in [0.15, 0.2) is 0 Å². The Balaban J connectivity index is 2.89. The van der Waals surface area contributed by atoms with E-state index in [1.54, 1.807) is 0 Å². The molecule has 0 aliphatic heterocycles. The Morgan fingerprint density at radius 1 is 0.439 bits per heavy atom. The molecule has 0 saturated heterocycles. The Morgan fingerprint density at radius 2 is 0.634 bits per heavy atom. The SMILES string of the molecule is CC(C)(C)c1cc(C(C)(C)C)c(O[Si](O)(Cl)Oc2c(C(C)(C)C)cc(C(C)(C)C)cc2C(C)(C)C)c(C(C)(C)C)c1. The lowest BCUT2D eigenvalue weighted by molar-refractivity contribution is 0.269. The molecule has 2 aromatic carbocycles. The Morgan fingerprint density at radius 3 is 0.780 bits per heavy atom. The van der Waals surface area contributed by atoms with Crippen molar-refractivity contribution in [2.24, 2.45) is 0 Å². The minimum Gasteiger partial charge on any atom is -0.480 e. The summed E-state index contributed by atoms with van der Waals surface area (Å²) in [5.74, 6) is 1.26. The molecule has 2 rings (SSSR count). The normalized spacial score (nSPS) is 14.3. The van der Waals surface area contributed by atoms with Gasteiger partial charge in [0.1, 0.15) is 11.5 Å².